The second kappa shape index (κ2) is 10.9. The molecule has 1 atom stereocenters. The molecular formula is C26H24N4O5S. The highest BCUT2D eigenvalue weighted by Crippen LogP contribution is 2.26. The number of thiocarbonyl (C=S) groups is 1. The lowest BCUT2D eigenvalue weighted by Crippen LogP contribution is -2.49. The fourth-order valence-electron chi connectivity index (χ4n) is 3.71. The van der Waals surface area contributed by atoms with Gasteiger partial charge in [0.25, 0.3) is 11.8 Å². The van der Waals surface area contributed by atoms with Gasteiger partial charge in [-0.05, 0) is 66.8 Å². The maximum atomic E-state index is 13.4. The minimum Gasteiger partial charge on any atom is -0.497 e. The molecule has 0 bridgehead atoms. The van der Waals surface area contributed by atoms with Crippen LogP contribution in [0.3, 0.4) is 0 Å². The molecule has 184 valence electrons. The highest BCUT2D eigenvalue weighted by Gasteiger charge is 2.45. The highest BCUT2D eigenvalue weighted by atomic mass is 32.1. The van der Waals surface area contributed by atoms with Gasteiger partial charge in [-0.25, -0.2) is 5.01 Å². The van der Waals surface area contributed by atoms with Gasteiger partial charge in [-0.2, -0.15) is 0 Å². The third-order valence-corrected chi connectivity index (χ3v) is 5.91. The van der Waals surface area contributed by atoms with Gasteiger partial charge in [0.1, 0.15) is 17.5 Å². The molecule has 2 N–H and O–H groups in total. The van der Waals surface area contributed by atoms with Gasteiger partial charge in [0, 0.05) is 11.3 Å². The molecule has 4 rings (SSSR count). The van der Waals surface area contributed by atoms with E-state index in [-0.39, 0.29) is 11.5 Å². The molecule has 0 radical (unpaired) electrons. The molecule has 36 heavy (non-hydrogen) atoms. The summed E-state index contributed by atoms with van der Waals surface area (Å²) >= 11 is 5.57. The number of nitrogens with zero attached hydrogens (tertiary/aromatic N) is 2. The van der Waals surface area contributed by atoms with Crippen molar-refractivity contribution in [2.75, 3.05) is 24.4 Å². The maximum Gasteiger partial charge on any atom is 0.270 e. The smallest absolute Gasteiger partial charge is 0.270 e. The molecule has 1 unspecified atom stereocenters. The van der Waals surface area contributed by atoms with Crippen LogP contribution in [0.1, 0.15) is 16.8 Å². The number of methoxy groups -OCH3 is 2. The Balaban J connectivity index is 1.57. The molecule has 1 aliphatic rings. The standard InChI is InChI=1S/C26H24N4O5S/c1-34-20-13-11-18(12-14-20)27-23(31)16-22-25(33)29(19-8-4-3-5-9-19)26(36)30(22)28-24(32)17-7-6-10-21(15-17)35-2/h3-15,22H,16H2,1-2H3,(H,27,31)(H,28,32). The zero-order chi connectivity index (χ0) is 25.7. The number of carbonyl (C=O) groups excluding carboxylic acids is 3. The zero-order valence-electron chi connectivity index (χ0n) is 19.6. The summed E-state index contributed by atoms with van der Waals surface area (Å²) < 4.78 is 10.3. The van der Waals surface area contributed by atoms with E-state index < -0.39 is 23.8 Å². The number of ether oxygens (including phenoxy) is 2. The third kappa shape index (κ3) is 5.28. The summed E-state index contributed by atoms with van der Waals surface area (Å²) in [5.74, 6) is -0.197. The first-order valence-corrected chi connectivity index (χ1v) is 11.4. The van der Waals surface area contributed by atoms with Crippen molar-refractivity contribution in [3.63, 3.8) is 0 Å². The molecule has 3 aromatic rings. The van der Waals surface area contributed by atoms with Crippen LogP contribution < -0.4 is 25.1 Å². The van der Waals surface area contributed by atoms with Gasteiger partial charge < -0.3 is 14.8 Å². The first-order valence-electron chi connectivity index (χ1n) is 11.0. The average molecular weight is 505 g/mol. The summed E-state index contributed by atoms with van der Waals surface area (Å²) in [6, 6.07) is 21.1. The van der Waals surface area contributed by atoms with Crippen LogP contribution in [0.2, 0.25) is 0 Å². The molecule has 0 saturated carbocycles. The quantitative estimate of drug-likeness (QED) is 0.454. The highest BCUT2D eigenvalue weighted by molar-refractivity contribution is 7.80. The van der Waals surface area contributed by atoms with Crippen LogP contribution in [-0.4, -0.2) is 48.1 Å². The maximum absolute atomic E-state index is 13.4. The molecule has 1 aliphatic heterocycles. The lowest BCUT2D eigenvalue weighted by Gasteiger charge is -2.24. The van der Waals surface area contributed by atoms with Crippen LogP contribution in [0.25, 0.3) is 0 Å². The van der Waals surface area contributed by atoms with Crippen molar-refractivity contribution >= 4 is 46.4 Å². The van der Waals surface area contributed by atoms with Gasteiger partial charge in [-0.15, -0.1) is 0 Å². The molecule has 0 spiro atoms. The fraction of sp³-hybridized carbons (Fsp3) is 0.154. The number of hydrazine groups is 1. The summed E-state index contributed by atoms with van der Waals surface area (Å²) in [6.07, 6.45) is -0.243. The second-order valence-electron chi connectivity index (χ2n) is 7.83. The second-order valence-corrected chi connectivity index (χ2v) is 8.20. The number of benzene rings is 3. The van der Waals surface area contributed by atoms with E-state index in [1.165, 1.54) is 17.0 Å². The van der Waals surface area contributed by atoms with Crippen molar-refractivity contribution in [3.8, 4) is 11.5 Å². The van der Waals surface area contributed by atoms with E-state index in [2.05, 4.69) is 10.7 Å². The molecule has 3 amide bonds. The molecular weight excluding hydrogens is 480 g/mol. The number of hydrogen-bond acceptors (Lipinski definition) is 6. The van der Waals surface area contributed by atoms with Gasteiger partial charge in [0.15, 0.2) is 0 Å². The van der Waals surface area contributed by atoms with Crippen molar-refractivity contribution in [1.82, 2.24) is 10.4 Å². The van der Waals surface area contributed by atoms with Crippen LogP contribution in [0.15, 0.2) is 78.9 Å². The van der Waals surface area contributed by atoms with Gasteiger partial charge in [-0.1, -0.05) is 24.3 Å². The van der Waals surface area contributed by atoms with Crippen molar-refractivity contribution < 1.29 is 23.9 Å². The van der Waals surface area contributed by atoms with E-state index in [9.17, 15) is 14.4 Å². The molecule has 1 heterocycles. The van der Waals surface area contributed by atoms with Crippen LogP contribution in [0.5, 0.6) is 11.5 Å². The molecule has 1 fully saturated rings. The van der Waals surface area contributed by atoms with Crippen LogP contribution in [-0.2, 0) is 9.59 Å². The van der Waals surface area contributed by atoms with Gasteiger partial charge in [0.05, 0.1) is 26.3 Å². The molecule has 9 nitrogen and oxygen atoms in total. The summed E-state index contributed by atoms with van der Waals surface area (Å²) in [6.45, 7) is 0. The van der Waals surface area contributed by atoms with E-state index in [0.717, 1.165) is 0 Å². The fourth-order valence-corrected chi connectivity index (χ4v) is 4.08. The lowest BCUT2D eigenvalue weighted by atomic mass is 10.1. The Bertz CT molecular complexity index is 1280. The Morgan fingerprint density at radius 2 is 1.61 bits per heavy atom. The minimum absolute atomic E-state index is 0.0599. The Morgan fingerprint density at radius 3 is 2.28 bits per heavy atom. The van der Waals surface area contributed by atoms with Crippen molar-refractivity contribution in [3.05, 3.63) is 84.4 Å². The van der Waals surface area contributed by atoms with Crippen LogP contribution >= 0.6 is 12.2 Å². The summed E-state index contributed by atoms with van der Waals surface area (Å²) in [7, 11) is 3.05. The van der Waals surface area contributed by atoms with E-state index in [1.54, 1.807) is 79.9 Å². The predicted molar refractivity (Wildman–Crippen MR) is 139 cm³/mol. The number of rotatable bonds is 8. The largest absolute Gasteiger partial charge is 0.497 e. The minimum atomic E-state index is -1.05. The van der Waals surface area contributed by atoms with Crippen molar-refractivity contribution in [2.45, 2.75) is 12.5 Å². The molecule has 0 aliphatic carbocycles. The first-order chi connectivity index (χ1) is 17.4. The first kappa shape index (κ1) is 24.7. The normalized spacial score (nSPS) is 15.0. The summed E-state index contributed by atoms with van der Waals surface area (Å²) in [5, 5.41) is 4.09. The number of carbonyl (C=O) groups is 3. The average Bonchev–Trinajstić information content (AvgIpc) is 3.13. The molecule has 1 saturated heterocycles. The van der Waals surface area contributed by atoms with E-state index in [4.69, 9.17) is 21.7 Å². The Morgan fingerprint density at radius 1 is 0.917 bits per heavy atom. The molecule has 10 heteroatoms. The zero-order valence-corrected chi connectivity index (χ0v) is 20.5. The Hall–Kier alpha value is -4.44. The predicted octanol–water partition coefficient (Wildman–Crippen LogP) is 3.38. The Labute approximate surface area is 213 Å². The van der Waals surface area contributed by atoms with Crippen LogP contribution in [0.4, 0.5) is 11.4 Å². The SMILES string of the molecule is COc1ccc(NC(=O)CC2C(=O)N(c3ccccc3)C(=S)N2NC(=O)c2cccc(OC)c2)cc1. The third-order valence-electron chi connectivity index (χ3n) is 5.54. The summed E-state index contributed by atoms with van der Waals surface area (Å²) in [5.41, 5.74) is 4.08. The van der Waals surface area contributed by atoms with E-state index in [1.807, 2.05) is 6.07 Å². The van der Waals surface area contributed by atoms with Crippen LogP contribution in [0, 0.1) is 0 Å². The van der Waals surface area contributed by atoms with Gasteiger partial charge in [0.2, 0.25) is 11.0 Å². The van der Waals surface area contributed by atoms with Crippen molar-refractivity contribution in [1.29, 1.82) is 0 Å². The lowest BCUT2D eigenvalue weighted by molar-refractivity contribution is -0.124. The number of hydrogen-bond donors (Lipinski definition) is 2. The van der Waals surface area contributed by atoms with Crippen molar-refractivity contribution in [2.24, 2.45) is 0 Å². The van der Waals surface area contributed by atoms with Gasteiger partial charge in [-0.3, -0.25) is 24.7 Å². The number of amides is 3. The van der Waals surface area contributed by atoms with E-state index >= 15 is 0 Å². The topological polar surface area (TPSA) is 100 Å². The monoisotopic (exact) mass is 504 g/mol. The van der Waals surface area contributed by atoms with E-state index in [0.29, 0.717) is 28.4 Å². The van der Waals surface area contributed by atoms with Gasteiger partial charge >= 0.3 is 0 Å². The number of anilines is 2. The Kier molecular flexibility index (Phi) is 7.45. The molecule has 0 aromatic heterocycles. The number of nitrogens with one attached hydrogen (secondary N) is 2. The number of para-hydroxylation sites is 1. The summed E-state index contributed by atoms with van der Waals surface area (Å²) in [4.78, 5) is 40.7. The molecule has 3 aromatic carbocycles.